The molecule has 0 aromatic carbocycles. The van der Waals surface area contributed by atoms with Gasteiger partial charge in [0.2, 0.25) is 0 Å². The van der Waals surface area contributed by atoms with Crippen LogP contribution in [-0.4, -0.2) is 82.9 Å². The quantitative estimate of drug-likeness (QED) is 0.0173. The third-order valence-electron chi connectivity index (χ3n) is 10.3. The number of unbranched alkanes of at least 4 members (excludes halogenated alkanes) is 14. The summed E-state index contributed by atoms with van der Waals surface area (Å²) in [7, 11) is -4.47. The third-order valence-corrected chi connectivity index (χ3v) is 11.3. The summed E-state index contributed by atoms with van der Waals surface area (Å²) in [5.41, 5.74) is 5.34. The molecule has 13 heteroatoms. The van der Waals surface area contributed by atoms with Crippen LogP contribution in [0.25, 0.3) is 0 Å². The van der Waals surface area contributed by atoms with Gasteiger partial charge in [-0.1, -0.05) is 140 Å². The fourth-order valence-corrected chi connectivity index (χ4v) is 7.64. The van der Waals surface area contributed by atoms with Gasteiger partial charge in [-0.3, -0.25) is 18.6 Å². The molecule has 1 aliphatic carbocycles. The predicted molar refractivity (Wildman–Crippen MR) is 231 cm³/mol. The molecule has 58 heavy (non-hydrogen) atoms. The Labute approximate surface area is 350 Å². The number of carbonyl (C=O) groups excluding carboxylic acids is 2. The van der Waals surface area contributed by atoms with E-state index in [0.717, 1.165) is 51.4 Å². The maximum absolute atomic E-state index is 12.7. The summed E-state index contributed by atoms with van der Waals surface area (Å²) in [6.45, 7) is 3.21. The molecule has 0 bridgehead atoms. The van der Waals surface area contributed by atoms with Crippen LogP contribution < -0.4 is 5.73 Å². The molecule has 0 saturated heterocycles. The van der Waals surface area contributed by atoms with Crippen molar-refractivity contribution in [1.82, 2.24) is 0 Å². The van der Waals surface area contributed by atoms with E-state index in [9.17, 15) is 34.4 Å². The first-order chi connectivity index (χ1) is 28.0. The SMILES string of the molecule is CCCCC/C=C\C/C=C\CCCCCCCCCCCC(=O)OC[C@H](COP(=O)(O)OCCN)OC(=O)C/C=C\C[C@H]1[C@@H](/C=C/[C@H](O)CCCCC)[C@H](O)C[C@@H]1O. The first kappa shape index (κ1) is 53.9. The summed E-state index contributed by atoms with van der Waals surface area (Å²) in [6, 6.07) is 0. The molecule has 1 rings (SSSR count). The van der Waals surface area contributed by atoms with E-state index >= 15 is 0 Å². The highest BCUT2D eigenvalue weighted by Gasteiger charge is 2.39. The van der Waals surface area contributed by atoms with Crippen LogP contribution in [0.1, 0.15) is 162 Å². The fraction of sp³-hybridized carbons (Fsp3) is 0.778. The van der Waals surface area contributed by atoms with E-state index in [1.807, 2.05) is 0 Å². The minimum atomic E-state index is -4.47. The van der Waals surface area contributed by atoms with Crippen LogP contribution >= 0.6 is 7.82 Å². The molecule has 1 fully saturated rings. The minimum absolute atomic E-state index is 0.00107. The van der Waals surface area contributed by atoms with E-state index < -0.39 is 50.8 Å². The fourth-order valence-electron chi connectivity index (χ4n) is 6.87. The predicted octanol–water partition coefficient (Wildman–Crippen LogP) is 9.10. The van der Waals surface area contributed by atoms with Crippen molar-refractivity contribution in [3.8, 4) is 0 Å². The molecular weight excluding hydrogens is 761 g/mol. The van der Waals surface area contributed by atoms with E-state index in [1.54, 1.807) is 24.3 Å². The highest BCUT2D eigenvalue weighted by atomic mass is 31.2. The lowest BCUT2D eigenvalue weighted by atomic mass is 9.89. The number of hydrogen-bond acceptors (Lipinski definition) is 11. The van der Waals surface area contributed by atoms with Crippen LogP contribution in [0.15, 0.2) is 48.6 Å². The van der Waals surface area contributed by atoms with Crippen molar-refractivity contribution in [1.29, 1.82) is 0 Å². The number of hydrogen-bond donors (Lipinski definition) is 5. The van der Waals surface area contributed by atoms with Gasteiger partial charge in [0.1, 0.15) is 6.61 Å². The van der Waals surface area contributed by atoms with Gasteiger partial charge in [-0.2, -0.15) is 0 Å². The molecule has 0 aliphatic heterocycles. The van der Waals surface area contributed by atoms with Gasteiger partial charge in [-0.25, -0.2) is 4.57 Å². The normalized spacial score (nSPS) is 20.7. The molecule has 0 radical (unpaired) electrons. The zero-order valence-electron chi connectivity index (χ0n) is 35.8. The van der Waals surface area contributed by atoms with Gasteiger partial charge >= 0.3 is 19.8 Å². The van der Waals surface area contributed by atoms with Crippen LogP contribution in [0.5, 0.6) is 0 Å². The molecule has 12 nitrogen and oxygen atoms in total. The lowest BCUT2D eigenvalue weighted by molar-refractivity contribution is -0.160. The van der Waals surface area contributed by atoms with Crippen LogP contribution in [0, 0.1) is 11.8 Å². The first-order valence-corrected chi connectivity index (χ1v) is 23.9. The Balaban J connectivity index is 2.41. The van der Waals surface area contributed by atoms with Crippen molar-refractivity contribution in [2.45, 2.75) is 186 Å². The van der Waals surface area contributed by atoms with Gasteiger partial charge in [-0.05, 0) is 57.3 Å². The third kappa shape index (κ3) is 29.1. The highest BCUT2D eigenvalue weighted by molar-refractivity contribution is 7.47. The Morgan fingerprint density at radius 1 is 0.759 bits per heavy atom. The zero-order chi connectivity index (χ0) is 42.7. The molecule has 0 amide bonds. The average molecular weight is 842 g/mol. The Morgan fingerprint density at radius 2 is 1.38 bits per heavy atom. The maximum atomic E-state index is 12.7. The smallest absolute Gasteiger partial charge is 0.462 e. The number of ether oxygens (including phenoxy) is 2. The van der Waals surface area contributed by atoms with Crippen molar-refractivity contribution < 1.29 is 52.9 Å². The lowest BCUT2D eigenvalue weighted by Gasteiger charge is -2.20. The number of allylic oxidation sites excluding steroid dienone is 5. The second kappa shape index (κ2) is 35.6. The molecule has 0 spiro atoms. The van der Waals surface area contributed by atoms with E-state index in [4.69, 9.17) is 24.3 Å². The molecular formula is C45H80NO11P. The van der Waals surface area contributed by atoms with Crippen molar-refractivity contribution in [2.24, 2.45) is 17.6 Å². The first-order valence-electron chi connectivity index (χ1n) is 22.4. The molecule has 0 heterocycles. The summed E-state index contributed by atoms with van der Waals surface area (Å²) < 4.78 is 32.7. The standard InChI is InChI=1S/C45H80NO11P/c1-3-5-7-8-9-10-11-12-13-14-15-16-17-18-19-20-21-22-24-29-44(50)54-36-39(37-56-58(52,53)55-34-33-46)57-45(51)30-26-25-28-40-41(43(49)35-42(40)48)32-31-38(47)27-23-6-4-2/h9-10,12-13,25-26,31-32,38-43,47-49H,3-8,11,14-24,27-30,33-37,46H2,1-2H3,(H,52,53)/b10-9-,13-12-,26-25-,32-31+/t38-,39-,40+,41-,42+,43-/m1/s1. The molecule has 0 aromatic rings. The second-order valence-corrected chi connectivity index (χ2v) is 17.0. The topological polar surface area (TPSA) is 195 Å². The number of phosphoric acid groups is 1. The van der Waals surface area contributed by atoms with E-state index in [-0.39, 0.29) is 50.9 Å². The number of carbonyl (C=O) groups is 2. The Morgan fingerprint density at radius 3 is 2.03 bits per heavy atom. The number of aliphatic hydroxyl groups excluding tert-OH is 3. The van der Waals surface area contributed by atoms with Crippen LogP contribution in [0.4, 0.5) is 0 Å². The van der Waals surface area contributed by atoms with E-state index in [1.165, 1.54) is 57.8 Å². The largest absolute Gasteiger partial charge is 0.472 e. The average Bonchev–Trinajstić information content (AvgIpc) is 3.47. The zero-order valence-corrected chi connectivity index (χ0v) is 36.7. The number of phosphoric ester groups is 1. The van der Waals surface area contributed by atoms with Crippen LogP contribution in [0.2, 0.25) is 0 Å². The summed E-state index contributed by atoms with van der Waals surface area (Å²) in [5.74, 6) is -1.77. The molecule has 1 unspecified atom stereocenters. The molecule has 1 aliphatic rings. The van der Waals surface area contributed by atoms with Crippen LogP contribution in [-0.2, 0) is 32.7 Å². The van der Waals surface area contributed by atoms with Crippen molar-refractivity contribution in [2.75, 3.05) is 26.4 Å². The van der Waals surface area contributed by atoms with Crippen molar-refractivity contribution in [3.05, 3.63) is 48.6 Å². The monoisotopic (exact) mass is 842 g/mol. The number of aliphatic hydroxyl groups is 3. The summed E-state index contributed by atoms with van der Waals surface area (Å²) in [4.78, 5) is 35.1. The lowest BCUT2D eigenvalue weighted by Crippen LogP contribution is -2.29. The molecule has 336 valence electrons. The number of rotatable bonds is 37. The summed E-state index contributed by atoms with van der Waals surface area (Å²) in [6.07, 6.45) is 34.1. The molecule has 7 atom stereocenters. The number of esters is 2. The Bertz CT molecular complexity index is 1210. The molecule has 6 N–H and O–H groups in total. The highest BCUT2D eigenvalue weighted by Crippen LogP contribution is 2.43. The van der Waals surface area contributed by atoms with Gasteiger partial charge in [0, 0.05) is 25.3 Å². The van der Waals surface area contributed by atoms with Crippen molar-refractivity contribution in [3.63, 3.8) is 0 Å². The minimum Gasteiger partial charge on any atom is -0.462 e. The number of nitrogens with two attached hydrogens (primary N) is 1. The van der Waals surface area contributed by atoms with Crippen LogP contribution in [0.3, 0.4) is 0 Å². The summed E-state index contributed by atoms with van der Waals surface area (Å²) >= 11 is 0. The maximum Gasteiger partial charge on any atom is 0.472 e. The Hall–Kier alpha value is -2.15. The van der Waals surface area contributed by atoms with E-state index in [2.05, 4.69) is 38.2 Å². The van der Waals surface area contributed by atoms with Gasteiger partial charge in [0.15, 0.2) is 6.10 Å². The molecule has 1 saturated carbocycles. The Kier molecular flexibility index (Phi) is 33.1. The molecule has 0 aromatic heterocycles. The van der Waals surface area contributed by atoms with E-state index in [0.29, 0.717) is 19.3 Å². The van der Waals surface area contributed by atoms with Gasteiger partial charge in [0.05, 0.1) is 37.9 Å². The van der Waals surface area contributed by atoms with Gasteiger partial charge < -0.3 is 35.4 Å². The second-order valence-electron chi connectivity index (χ2n) is 15.5. The summed E-state index contributed by atoms with van der Waals surface area (Å²) in [5, 5.41) is 31.3. The van der Waals surface area contributed by atoms with Gasteiger partial charge in [-0.15, -0.1) is 0 Å². The van der Waals surface area contributed by atoms with Crippen molar-refractivity contribution >= 4 is 19.8 Å². The van der Waals surface area contributed by atoms with Gasteiger partial charge in [0.25, 0.3) is 0 Å².